The van der Waals surface area contributed by atoms with Gasteiger partial charge in [0.25, 0.3) is 0 Å². The third-order valence-corrected chi connectivity index (χ3v) is 4.86. The molecule has 1 aromatic carbocycles. The molecule has 1 aromatic rings. The average molecular weight is 383 g/mol. The highest BCUT2D eigenvalue weighted by Crippen LogP contribution is 2.28. The predicted octanol–water partition coefficient (Wildman–Crippen LogP) is 3.21. The maximum Gasteiger partial charge on any atom is 0.334 e. The SMILES string of the molecule is O=C1C(=O)N(C2CCCCC2)C(=O)N1Cc1ccc(Br)cc1F. The van der Waals surface area contributed by atoms with E-state index < -0.39 is 23.7 Å². The largest absolute Gasteiger partial charge is 0.334 e. The van der Waals surface area contributed by atoms with E-state index in [1.165, 1.54) is 12.1 Å². The summed E-state index contributed by atoms with van der Waals surface area (Å²) in [7, 11) is 0. The van der Waals surface area contributed by atoms with E-state index in [4.69, 9.17) is 0 Å². The minimum absolute atomic E-state index is 0.202. The molecule has 0 radical (unpaired) electrons. The van der Waals surface area contributed by atoms with E-state index in [1.807, 2.05) is 0 Å². The van der Waals surface area contributed by atoms with Crippen molar-refractivity contribution in [3.63, 3.8) is 0 Å². The first-order chi connectivity index (χ1) is 11.0. The van der Waals surface area contributed by atoms with Crippen molar-refractivity contribution in [2.24, 2.45) is 0 Å². The second-order valence-electron chi connectivity index (χ2n) is 5.88. The van der Waals surface area contributed by atoms with Crippen LogP contribution in [-0.4, -0.2) is 33.7 Å². The van der Waals surface area contributed by atoms with Crippen LogP contribution in [0, 0.1) is 5.82 Å². The number of rotatable bonds is 3. The number of urea groups is 1. The van der Waals surface area contributed by atoms with Crippen LogP contribution in [0.2, 0.25) is 0 Å². The summed E-state index contributed by atoms with van der Waals surface area (Å²) < 4.78 is 14.5. The van der Waals surface area contributed by atoms with Crippen molar-refractivity contribution in [2.45, 2.75) is 44.7 Å². The highest BCUT2D eigenvalue weighted by atomic mass is 79.9. The van der Waals surface area contributed by atoms with Crippen LogP contribution in [0.4, 0.5) is 9.18 Å². The van der Waals surface area contributed by atoms with Crippen molar-refractivity contribution in [1.82, 2.24) is 9.80 Å². The predicted molar refractivity (Wildman–Crippen MR) is 83.8 cm³/mol. The van der Waals surface area contributed by atoms with Gasteiger partial charge in [-0.2, -0.15) is 0 Å². The zero-order valence-electron chi connectivity index (χ0n) is 12.4. The summed E-state index contributed by atoms with van der Waals surface area (Å²) in [6, 6.07) is 3.54. The van der Waals surface area contributed by atoms with Crippen molar-refractivity contribution < 1.29 is 18.8 Å². The zero-order chi connectivity index (χ0) is 16.6. The van der Waals surface area contributed by atoms with Gasteiger partial charge >= 0.3 is 17.8 Å². The number of benzene rings is 1. The average Bonchev–Trinajstić information content (AvgIpc) is 2.74. The number of hydrogen-bond donors (Lipinski definition) is 0. The van der Waals surface area contributed by atoms with Crippen molar-refractivity contribution >= 4 is 33.8 Å². The Morgan fingerprint density at radius 3 is 2.43 bits per heavy atom. The van der Waals surface area contributed by atoms with Crippen LogP contribution in [0.3, 0.4) is 0 Å². The molecule has 0 spiro atoms. The van der Waals surface area contributed by atoms with Crippen LogP contribution < -0.4 is 0 Å². The van der Waals surface area contributed by atoms with Gasteiger partial charge in [0.2, 0.25) is 0 Å². The third kappa shape index (κ3) is 3.02. The summed E-state index contributed by atoms with van der Waals surface area (Å²) in [6.07, 6.45) is 4.42. The van der Waals surface area contributed by atoms with E-state index in [-0.39, 0.29) is 18.2 Å². The van der Waals surface area contributed by atoms with Gasteiger partial charge in [0.15, 0.2) is 0 Å². The van der Waals surface area contributed by atoms with E-state index in [1.54, 1.807) is 6.07 Å². The van der Waals surface area contributed by atoms with E-state index in [2.05, 4.69) is 15.9 Å². The number of carbonyl (C=O) groups excluding carboxylic acids is 3. The molecule has 1 saturated carbocycles. The van der Waals surface area contributed by atoms with Gasteiger partial charge in [-0.1, -0.05) is 41.3 Å². The number of hydrogen-bond acceptors (Lipinski definition) is 3. The molecule has 2 fully saturated rings. The molecule has 1 aliphatic carbocycles. The lowest BCUT2D eigenvalue weighted by Crippen LogP contribution is -2.42. The Labute approximate surface area is 141 Å². The summed E-state index contributed by atoms with van der Waals surface area (Å²) in [5.41, 5.74) is 0.202. The number of amides is 4. The van der Waals surface area contributed by atoms with E-state index >= 15 is 0 Å². The minimum Gasteiger partial charge on any atom is -0.263 e. The van der Waals surface area contributed by atoms with Crippen molar-refractivity contribution in [1.29, 1.82) is 0 Å². The second kappa shape index (κ2) is 6.39. The molecule has 3 rings (SSSR count). The molecular formula is C16H16BrFN2O3. The molecule has 23 heavy (non-hydrogen) atoms. The second-order valence-corrected chi connectivity index (χ2v) is 6.79. The Hall–Kier alpha value is -1.76. The fourth-order valence-electron chi connectivity index (χ4n) is 3.14. The molecule has 0 unspecified atom stereocenters. The smallest absolute Gasteiger partial charge is 0.263 e. The van der Waals surface area contributed by atoms with Gasteiger partial charge in [-0.3, -0.25) is 19.4 Å². The molecule has 1 saturated heterocycles. The lowest BCUT2D eigenvalue weighted by atomic mass is 9.94. The third-order valence-electron chi connectivity index (χ3n) is 4.37. The normalized spacial score (nSPS) is 19.8. The molecule has 1 aliphatic heterocycles. The maximum absolute atomic E-state index is 13.9. The number of carbonyl (C=O) groups is 3. The Balaban J connectivity index is 1.81. The molecule has 4 amide bonds. The number of nitrogens with zero attached hydrogens (tertiary/aromatic N) is 2. The first-order valence-corrected chi connectivity index (χ1v) is 8.41. The highest BCUT2D eigenvalue weighted by Gasteiger charge is 2.47. The maximum atomic E-state index is 13.9. The molecule has 0 aromatic heterocycles. The molecule has 2 aliphatic rings. The van der Waals surface area contributed by atoms with Crippen LogP contribution in [-0.2, 0) is 16.1 Å². The van der Waals surface area contributed by atoms with Gasteiger partial charge in [-0.05, 0) is 25.0 Å². The van der Waals surface area contributed by atoms with Crippen LogP contribution in [0.15, 0.2) is 22.7 Å². The standard InChI is InChI=1S/C16H16BrFN2O3/c17-11-7-6-10(13(18)8-11)9-19-14(21)15(22)20(16(19)23)12-4-2-1-3-5-12/h6-8,12H,1-5,9H2. The molecule has 0 N–H and O–H groups in total. The number of imide groups is 2. The van der Waals surface area contributed by atoms with Gasteiger partial charge in [0.1, 0.15) is 5.82 Å². The Kier molecular flexibility index (Phi) is 4.48. The van der Waals surface area contributed by atoms with Crippen molar-refractivity contribution in [3.05, 3.63) is 34.1 Å². The fraction of sp³-hybridized carbons (Fsp3) is 0.438. The summed E-state index contributed by atoms with van der Waals surface area (Å²) in [4.78, 5) is 38.7. The van der Waals surface area contributed by atoms with Gasteiger partial charge in [-0.25, -0.2) is 9.18 Å². The number of halogens is 2. The highest BCUT2D eigenvalue weighted by molar-refractivity contribution is 9.10. The summed E-state index contributed by atoms with van der Waals surface area (Å²) in [5.74, 6) is -2.19. The molecule has 1 heterocycles. The molecule has 122 valence electrons. The summed E-state index contributed by atoms with van der Waals surface area (Å²) in [6.45, 7) is -0.230. The van der Waals surface area contributed by atoms with Crippen molar-refractivity contribution in [2.75, 3.05) is 0 Å². The van der Waals surface area contributed by atoms with Crippen LogP contribution >= 0.6 is 15.9 Å². The van der Waals surface area contributed by atoms with Crippen LogP contribution in [0.5, 0.6) is 0 Å². The van der Waals surface area contributed by atoms with E-state index in [9.17, 15) is 18.8 Å². The summed E-state index contributed by atoms with van der Waals surface area (Å²) >= 11 is 3.15. The van der Waals surface area contributed by atoms with Gasteiger partial charge in [-0.15, -0.1) is 0 Å². The van der Waals surface area contributed by atoms with Gasteiger partial charge in [0, 0.05) is 16.1 Å². The van der Waals surface area contributed by atoms with Crippen LogP contribution in [0.1, 0.15) is 37.7 Å². The lowest BCUT2D eigenvalue weighted by molar-refractivity contribution is -0.144. The molecule has 0 atom stereocenters. The molecular weight excluding hydrogens is 367 g/mol. The minimum atomic E-state index is -0.872. The van der Waals surface area contributed by atoms with Crippen LogP contribution in [0.25, 0.3) is 0 Å². The Bertz CT molecular complexity index is 673. The van der Waals surface area contributed by atoms with Gasteiger partial charge in [0.05, 0.1) is 6.54 Å². The summed E-state index contributed by atoms with van der Waals surface area (Å²) in [5, 5.41) is 0. The zero-order valence-corrected chi connectivity index (χ0v) is 14.0. The monoisotopic (exact) mass is 382 g/mol. The van der Waals surface area contributed by atoms with Gasteiger partial charge < -0.3 is 0 Å². The first kappa shape index (κ1) is 16.1. The topological polar surface area (TPSA) is 57.7 Å². The molecule has 0 bridgehead atoms. The quantitative estimate of drug-likeness (QED) is 0.595. The Morgan fingerprint density at radius 2 is 1.78 bits per heavy atom. The van der Waals surface area contributed by atoms with E-state index in [0.29, 0.717) is 4.47 Å². The van der Waals surface area contributed by atoms with Crippen molar-refractivity contribution in [3.8, 4) is 0 Å². The lowest BCUT2D eigenvalue weighted by Gasteiger charge is -2.28. The molecule has 5 nitrogen and oxygen atoms in total. The molecule has 7 heteroatoms. The fourth-order valence-corrected chi connectivity index (χ4v) is 3.48. The Morgan fingerprint density at radius 1 is 1.09 bits per heavy atom. The first-order valence-electron chi connectivity index (χ1n) is 7.62. The van der Waals surface area contributed by atoms with E-state index in [0.717, 1.165) is 41.9 Å².